The van der Waals surface area contributed by atoms with Crippen LogP contribution in [0.25, 0.3) is 0 Å². The monoisotopic (exact) mass is 416 g/mol. The number of carbonyl (C=O) groups is 2. The molecule has 0 aromatic rings. The zero-order valence-corrected chi connectivity index (χ0v) is 14.6. The van der Waals surface area contributed by atoms with Gasteiger partial charge in [-0.05, 0) is 12.3 Å². The third-order valence-electron chi connectivity index (χ3n) is 3.55. The highest BCUT2D eigenvalue weighted by Crippen LogP contribution is 2.48. The molecule has 12 heteroatoms. The van der Waals surface area contributed by atoms with E-state index >= 15 is 0 Å². The minimum atomic E-state index is -6.44. The molecule has 0 aliphatic carbocycles. The smallest absolute Gasteiger partial charge is 0.381 e. The summed E-state index contributed by atoms with van der Waals surface area (Å²) >= 11 is 0. The highest BCUT2D eigenvalue weighted by molar-refractivity contribution is 5.72. The Morgan fingerprint density at radius 3 is 1.85 bits per heavy atom. The molecular formula is C15H20F8O4. The first kappa shape index (κ1) is 25.4. The second-order valence-corrected chi connectivity index (χ2v) is 5.91. The molecule has 0 bridgehead atoms. The first-order valence-corrected chi connectivity index (χ1v) is 7.91. The van der Waals surface area contributed by atoms with E-state index in [1.165, 1.54) is 0 Å². The van der Waals surface area contributed by atoms with Crippen LogP contribution < -0.4 is 0 Å². The molecule has 0 aliphatic rings. The van der Waals surface area contributed by atoms with E-state index in [0.717, 1.165) is 6.42 Å². The first-order chi connectivity index (χ1) is 12.2. The summed E-state index contributed by atoms with van der Waals surface area (Å²) < 4.78 is 110. The molecular weight excluding hydrogens is 396 g/mol. The fraction of sp³-hybridized carbons (Fsp3) is 0.867. The summed E-state index contributed by atoms with van der Waals surface area (Å²) in [4.78, 5) is 22.5. The van der Waals surface area contributed by atoms with Gasteiger partial charge >= 0.3 is 36.1 Å². The average molecular weight is 416 g/mol. The van der Waals surface area contributed by atoms with Crippen LogP contribution in [0, 0.1) is 5.92 Å². The maximum absolute atomic E-state index is 13.2. The molecule has 160 valence electrons. The lowest BCUT2D eigenvalue weighted by atomic mass is 10.1. The molecule has 0 rings (SSSR count). The number of alkyl halides is 8. The second kappa shape index (κ2) is 10.1. The minimum absolute atomic E-state index is 0.106. The number of halogens is 8. The topological polar surface area (TPSA) is 52.6 Å². The Hall–Kier alpha value is -1.62. The minimum Gasteiger partial charge on any atom is -0.465 e. The van der Waals surface area contributed by atoms with E-state index in [1.807, 2.05) is 13.8 Å². The Labute approximate surface area is 150 Å². The van der Waals surface area contributed by atoms with Crippen LogP contribution in [0.2, 0.25) is 0 Å². The lowest BCUT2D eigenvalue weighted by Gasteiger charge is -2.31. The molecule has 27 heavy (non-hydrogen) atoms. The normalized spacial score (nSPS) is 14.2. The predicted octanol–water partition coefficient (Wildman–Crippen LogP) is 4.46. The molecule has 0 radical (unpaired) electrons. The van der Waals surface area contributed by atoms with Gasteiger partial charge in [0.1, 0.15) is 0 Å². The average Bonchev–Trinajstić information content (AvgIpc) is 2.57. The Balaban J connectivity index is 4.43. The quantitative estimate of drug-likeness (QED) is 0.348. The number of hydrogen-bond donors (Lipinski definition) is 0. The van der Waals surface area contributed by atoms with Gasteiger partial charge in [0.25, 0.3) is 0 Å². The second-order valence-electron chi connectivity index (χ2n) is 5.91. The van der Waals surface area contributed by atoms with E-state index in [1.54, 1.807) is 0 Å². The van der Waals surface area contributed by atoms with E-state index in [-0.39, 0.29) is 25.4 Å². The molecule has 1 unspecified atom stereocenters. The Bertz CT molecular complexity index is 496. The van der Waals surface area contributed by atoms with Crippen LogP contribution in [0.5, 0.6) is 0 Å². The largest absolute Gasteiger partial charge is 0.465 e. The number of rotatable bonds is 12. The van der Waals surface area contributed by atoms with Gasteiger partial charge in [-0.15, -0.1) is 0 Å². The van der Waals surface area contributed by atoms with Gasteiger partial charge in [-0.1, -0.05) is 20.3 Å². The van der Waals surface area contributed by atoms with Crippen LogP contribution in [0.1, 0.15) is 39.5 Å². The first-order valence-electron chi connectivity index (χ1n) is 7.91. The number of hydrogen-bond acceptors (Lipinski definition) is 4. The summed E-state index contributed by atoms with van der Waals surface area (Å²) in [5.41, 5.74) is 0. The molecule has 0 amide bonds. The predicted molar refractivity (Wildman–Crippen MR) is 76.1 cm³/mol. The van der Waals surface area contributed by atoms with Crippen molar-refractivity contribution in [2.75, 3.05) is 13.2 Å². The van der Waals surface area contributed by atoms with Crippen molar-refractivity contribution < 1.29 is 54.2 Å². The highest BCUT2D eigenvalue weighted by atomic mass is 19.4. The van der Waals surface area contributed by atoms with Gasteiger partial charge in [0.15, 0.2) is 6.61 Å². The molecule has 0 fully saturated rings. The van der Waals surface area contributed by atoms with Gasteiger partial charge in [0.2, 0.25) is 0 Å². The Morgan fingerprint density at radius 1 is 0.926 bits per heavy atom. The number of ether oxygens (including phenoxy) is 2. The zero-order valence-electron chi connectivity index (χ0n) is 14.6. The van der Waals surface area contributed by atoms with Gasteiger partial charge in [-0.3, -0.25) is 9.59 Å². The lowest BCUT2D eigenvalue weighted by molar-refractivity contribution is -0.344. The van der Waals surface area contributed by atoms with E-state index in [4.69, 9.17) is 4.74 Å². The van der Waals surface area contributed by atoms with Crippen molar-refractivity contribution in [3.63, 3.8) is 0 Å². The highest BCUT2D eigenvalue weighted by Gasteiger charge is 2.75. The van der Waals surface area contributed by atoms with Gasteiger partial charge in [0.05, 0.1) is 6.61 Å². The summed E-state index contributed by atoms with van der Waals surface area (Å²) in [6.45, 7) is 1.31. The summed E-state index contributed by atoms with van der Waals surface area (Å²) in [5.74, 6) is -20.5. The van der Waals surface area contributed by atoms with Crippen LogP contribution in [0.4, 0.5) is 35.1 Å². The number of esters is 2. The van der Waals surface area contributed by atoms with Gasteiger partial charge < -0.3 is 9.47 Å². The van der Waals surface area contributed by atoms with Crippen molar-refractivity contribution in [1.29, 1.82) is 0 Å². The summed E-state index contributed by atoms with van der Waals surface area (Å²) in [5, 5.41) is 0. The van der Waals surface area contributed by atoms with Gasteiger partial charge in [-0.2, -0.15) is 26.3 Å². The summed E-state index contributed by atoms with van der Waals surface area (Å²) in [6, 6.07) is 0. The molecule has 0 heterocycles. The van der Waals surface area contributed by atoms with E-state index in [9.17, 15) is 44.7 Å². The standard InChI is InChI=1S/C15H20F8O4/c1-3-9(2)7-26-10(24)5-4-6-11(25)27-8-13(18,19)15(22,23)14(20,21)12(16)17/h9,12H,3-8H2,1-2H3. The van der Waals surface area contributed by atoms with Crippen LogP contribution >= 0.6 is 0 Å². The Kier molecular flexibility index (Phi) is 9.47. The molecule has 0 saturated heterocycles. The maximum Gasteiger partial charge on any atom is 0.381 e. The molecule has 1 atom stereocenters. The third-order valence-corrected chi connectivity index (χ3v) is 3.55. The van der Waals surface area contributed by atoms with Crippen molar-refractivity contribution >= 4 is 11.9 Å². The van der Waals surface area contributed by atoms with Crippen molar-refractivity contribution in [2.45, 2.75) is 63.7 Å². The maximum atomic E-state index is 13.2. The molecule has 0 spiro atoms. The summed E-state index contributed by atoms with van der Waals surface area (Å²) in [7, 11) is 0. The Morgan fingerprint density at radius 2 is 1.41 bits per heavy atom. The van der Waals surface area contributed by atoms with Crippen LogP contribution in [0.3, 0.4) is 0 Å². The van der Waals surface area contributed by atoms with Crippen molar-refractivity contribution in [1.82, 2.24) is 0 Å². The molecule has 0 aromatic carbocycles. The van der Waals surface area contributed by atoms with E-state index in [0.29, 0.717) is 0 Å². The third kappa shape index (κ3) is 7.13. The fourth-order valence-electron chi connectivity index (χ4n) is 1.52. The van der Waals surface area contributed by atoms with E-state index in [2.05, 4.69) is 4.74 Å². The molecule has 0 N–H and O–H groups in total. The van der Waals surface area contributed by atoms with Crippen molar-refractivity contribution in [3.05, 3.63) is 0 Å². The molecule has 4 nitrogen and oxygen atoms in total. The lowest BCUT2D eigenvalue weighted by Crippen LogP contribution is -2.59. The van der Waals surface area contributed by atoms with Crippen LogP contribution in [0.15, 0.2) is 0 Å². The molecule has 0 aromatic heterocycles. The van der Waals surface area contributed by atoms with Crippen molar-refractivity contribution in [3.8, 4) is 0 Å². The van der Waals surface area contributed by atoms with Crippen LogP contribution in [-0.4, -0.2) is 49.3 Å². The fourth-order valence-corrected chi connectivity index (χ4v) is 1.52. The molecule has 0 saturated carbocycles. The SMILES string of the molecule is CCC(C)COC(=O)CCCC(=O)OCC(F)(F)C(F)(F)C(F)(F)C(F)F. The zero-order chi connectivity index (χ0) is 21.5. The van der Waals surface area contributed by atoms with Crippen LogP contribution in [-0.2, 0) is 19.1 Å². The summed E-state index contributed by atoms with van der Waals surface area (Å²) in [6.07, 6.45) is -5.47. The van der Waals surface area contributed by atoms with Crippen molar-refractivity contribution in [2.24, 2.45) is 5.92 Å². The van der Waals surface area contributed by atoms with E-state index < -0.39 is 49.2 Å². The van der Waals surface area contributed by atoms with Gasteiger partial charge in [-0.25, -0.2) is 8.78 Å². The molecule has 0 aliphatic heterocycles. The van der Waals surface area contributed by atoms with Gasteiger partial charge in [0, 0.05) is 12.8 Å². The number of carbonyl (C=O) groups excluding carboxylic acids is 2.